The van der Waals surface area contributed by atoms with E-state index in [0.717, 1.165) is 9.26 Å². The van der Waals surface area contributed by atoms with Gasteiger partial charge in [-0.25, -0.2) is 0 Å². The van der Waals surface area contributed by atoms with Crippen LogP contribution in [0.25, 0.3) is 0 Å². The van der Waals surface area contributed by atoms with Gasteiger partial charge in [0.15, 0.2) is 5.78 Å². The topological polar surface area (TPSA) is 29.1 Å². The molecule has 1 N–H and O–H groups in total. The summed E-state index contributed by atoms with van der Waals surface area (Å²) in [5.41, 5.74) is 1.61. The lowest BCUT2D eigenvalue weighted by molar-refractivity contribution is 0.101. The zero-order valence-electron chi connectivity index (χ0n) is 9.49. The lowest BCUT2D eigenvalue weighted by atomic mass is 10.1. The minimum absolute atomic E-state index is 0.0468. The molecule has 2 nitrogen and oxygen atoms in total. The minimum Gasteiger partial charge on any atom is -0.378 e. The average molecular weight is 372 g/mol. The number of hydrogen-bond donors (Lipinski definition) is 1. The molecule has 0 atom stereocenters. The average Bonchev–Trinajstić information content (AvgIpc) is 2.37. The van der Waals surface area contributed by atoms with Gasteiger partial charge >= 0.3 is 0 Å². The Balaban J connectivity index is 1.98. The molecule has 0 fully saturated rings. The summed E-state index contributed by atoms with van der Waals surface area (Å²) in [6, 6.07) is 14.8. The van der Waals surface area contributed by atoms with Crippen molar-refractivity contribution in [2.24, 2.45) is 0 Å². The number of halogens is 2. The van der Waals surface area contributed by atoms with Crippen LogP contribution in [0.2, 0.25) is 5.02 Å². The second-order valence-electron chi connectivity index (χ2n) is 3.79. The summed E-state index contributed by atoms with van der Waals surface area (Å²) in [7, 11) is 0. The first-order valence-electron chi connectivity index (χ1n) is 5.43. The third-order valence-corrected chi connectivity index (χ3v) is 3.37. The van der Waals surface area contributed by atoms with Crippen molar-refractivity contribution in [3.63, 3.8) is 0 Å². The van der Waals surface area contributed by atoms with Crippen LogP contribution in [0.15, 0.2) is 48.5 Å². The summed E-state index contributed by atoms with van der Waals surface area (Å²) in [6.07, 6.45) is 0. The lowest BCUT2D eigenvalue weighted by Gasteiger charge is -2.06. The molecule has 2 aromatic rings. The van der Waals surface area contributed by atoms with Gasteiger partial charge in [0, 0.05) is 19.8 Å². The summed E-state index contributed by atoms with van der Waals surface area (Å²) in [5, 5.41) is 3.75. The first-order valence-corrected chi connectivity index (χ1v) is 6.89. The zero-order valence-corrected chi connectivity index (χ0v) is 12.4. The van der Waals surface area contributed by atoms with Crippen molar-refractivity contribution in [2.75, 3.05) is 11.9 Å². The van der Waals surface area contributed by atoms with Gasteiger partial charge in [-0.2, -0.15) is 0 Å². The van der Waals surface area contributed by atoms with E-state index in [1.54, 1.807) is 24.3 Å². The highest BCUT2D eigenvalue weighted by Gasteiger charge is 2.05. The largest absolute Gasteiger partial charge is 0.378 e. The smallest absolute Gasteiger partial charge is 0.181 e. The molecular weight excluding hydrogens is 361 g/mol. The maximum Gasteiger partial charge on any atom is 0.181 e. The molecule has 0 radical (unpaired) electrons. The number of ketones is 1. The number of carbonyl (C=O) groups excluding carboxylic acids is 1. The molecule has 0 spiro atoms. The molecule has 2 aromatic carbocycles. The van der Waals surface area contributed by atoms with Crippen molar-refractivity contribution in [3.05, 3.63) is 62.7 Å². The number of benzene rings is 2. The van der Waals surface area contributed by atoms with Gasteiger partial charge in [-0.15, -0.1) is 0 Å². The Morgan fingerprint density at radius 1 is 1.17 bits per heavy atom. The van der Waals surface area contributed by atoms with Crippen LogP contribution >= 0.6 is 34.2 Å². The van der Waals surface area contributed by atoms with Crippen LogP contribution in [0.5, 0.6) is 0 Å². The predicted octanol–water partition coefficient (Wildman–Crippen LogP) is 4.24. The van der Waals surface area contributed by atoms with Crippen LogP contribution in [-0.4, -0.2) is 12.3 Å². The van der Waals surface area contributed by atoms with Crippen molar-refractivity contribution in [3.8, 4) is 0 Å². The normalized spacial score (nSPS) is 10.1. The highest BCUT2D eigenvalue weighted by atomic mass is 127. The third kappa shape index (κ3) is 3.71. The third-order valence-electron chi connectivity index (χ3n) is 2.44. The molecule has 0 aliphatic heterocycles. The lowest BCUT2D eigenvalue weighted by Crippen LogP contribution is -2.13. The van der Waals surface area contributed by atoms with Crippen LogP contribution in [0, 0.1) is 3.57 Å². The zero-order chi connectivity index (χ0) is 13.0. The van der Waals surface area contributed by atoms with Gasteiger partial charge in [0.1, 0.15) is 0 Å². The summed E-state index contributed by atoms with van der Waals surface area (Å²) in [5.74, 6) is 0.0468. The second kappa shape index (κ2) is 6.20. The molecule has 0 saturated carbocycles. The molecule has 0 aromatic heterocycles. The van der Waals surface area contributed by atoms with Crippen molar-refractivity contribution in [1.29, 1.82) is 0 Å². The van der Waals surface area contributed by atoms with Gasteiger partial charge in [-0.3, -0.25) is 4.79 Å². The van der Waals surface area contributed by atoms with Gasteiger partial charge < -0.3 is 5.32 Å². The van der Waals surface area contributed by atoms with Crippen molar-refractivity contribution >= 4 is 45.7 Å². The van der Waals surface area contributed by atoms with Gasteiger partial charge in [0.05, 0.1) is 6.54 Å². The van der Waals surface area contributed by atoms with Crippen molar-refractivity contribution in [2.45, 2.75) is 0 Å². The summed E-state index contributed by atoms with van der Waals surface area (Å²) >= 11 is 8.02. The van der Waals surface area contributed by atoms with E-state index < -0.39 is 0 Å². The van der Waals surface area contributed by atoms with Crippen LogP contribution in [0.1, 0.15) is 10.4 Å². The van der Waals surface area contributed by atoms with Gasteiger partial charge in [0.2, 0.25) is 0 Å². The Morgan fingerprint density at radius 2 is 1.89 bits per heavy atom. The van der Waals surface area contributed by atoms with Crippen molar-refractivity contribution in [1.82, 2.24) is 0 Å². The highest BCUT2D eigenvalue weighted by molar-refractivity contribution is 14.1. The van der Waals surface area contributed by atoms with Crippen LogP contribution in [-0.2, 0) is 0 Å². The Hall–Kier alpha value is -1.07. The van der Waals surface area contributed by atoms with E-state index in [4.69, 9.17) is 11.6 Å². The molecule has 4 heteroatoms. The first kappa shape index (κ1) is 13.4. The number of carbonyl (C=O) groups is 1. The second-order valence-corrected chi connectivity index (χ2v) is 5.48. The van der Waals surface area contributed by atoms with Crippen LogP contribution < -0.4 is 5.32 Å². The summed E-state index contributed by atoms with van der Waals surface area (Å²) in [6.45, 7) is 0.279. The highest BCUT2D eigenvalue weighted by Crippen LogP contribution is 2.13. The van der Waals surface area contributed by atoms with E-state index in [9.17, 15) is 4.79 Å². The molecule has 0 bridgehead atoms. The van der Waals surface area contributed by atoms with Gasteiger partial charge in [0.25, 0.3) is 0 Å². The standard InChI is InChI=1S/C14H11ClINO/c15-11-6-4-10(5-7-11)14(18)9-17-13-3-1-2-12(16)8-13/h1-8,17H,9H2. The van der Waals surface area contributed by atoms with Crippen LogP contribution in [0.4, 0.5) is 5.69 Å². The number of anilines is 1. The van der Waals surface area contributed by atoms with E-state index in [1.165, 1.54) is 0 Å². The molecular formula is C14H11ClINO. The van der Waals surface area contributed by atoms with E-state index in [-0.39, 0.29) is 12.3 Å². The fourth-order valence-electron chi connectivity index (χ4n) is 1.52. The number of Topliss-reactive ketones (excluding diaryl/α,β-unsaturated/α-hetero) is 1. The molecule has 18 heavy (non-hydrogen) atoms. The minimum atomic E-state index is 0.0468. The van der Waals surface area contributed by atoms with E-state index >= 15 is 0 Å². The number of rotatable bonds is 4. The van der Waals surface area contributed by atoms with Crippen LogP contribution in [0.3, 0.4) is 0 Å². The van der Waals surface area contributed by atoms with Gasteiger partial charge in [-0.1, -0.05) is 17.7 Å². The van der Waals surface area contributed by atoms with E-state index in [1.807, 2.05) is 24.3 Å². The maximum atomic E-state index is 11.9. The van der Waals surface area contributed by atoms with E-state index in [2.05, 4.69) is 27.9 Å². The quantitative estimate of drug-likeness (QED) is 0.643. The number of hydrogen-bond acceptors (Lipinski definition) is 2. The molecule has 2 rings (SSSR count). The molecule has 0 unspecified atom stereocenters. The molecule has 0 saturated heterocycles. The Labute approximate surface area is 124 Å². The molecule has 0 heterocycles. The molecule has 0 aliphatic rings. The monoisotopic (exact) mass is 371 g/mol. The number of nitrogens with one attached hydrogen (secondary N) is 1. The van der Waals surface area contributed by atoms with Crippen molar-refractivity contribution < 1.29 is 4.79 Å². The van der Waals surface area contributed by atoms with Gasteiger partial charge in [-0.05, 0) is 65.1 Å². The Bertz CT molecular complexity index is 554. The Kier molecular flexibility index (Phi) is 4.60. The fraction of sp³-hybridized carbons (Fsp3) is 0.0714. The van der Waals surface area contributed by atoms with E-state index in [0.29, 0.717) is 10.6 Å². The first-order chi connectivity index (χ1) is 8.65. The molecule has 0 amide bonds. The molecule has 0 aliphatic carbocycles. The SMILES string of the molecule is O=C(CNc1cccc(I)c1)c1ccc(Cl)cc1. The predicted molar refractivity (Wildman–Crippen MR) is 83.4 cm³/mol. The maximum absolute atomic E-state index is 11.9. The fourth-order valence-corrected chi connectivity index (χ4v) is 2.19. The summed E-state index contributed by atoms with van der Waals surface area (Å²) in [4.78, 5) is 11.9. The summed E-state index contributed by atoms with van der Waals surface area (Å²) < 4.78 is 1.14. The molecule has 92 valence electrons. The Morgan fingerprint density at radius 3 is 2.56 bits per heavy atom.